The van der Waals surface area contributed by atoms with Crippen LogP contribution in [0.4, 0.5) is 27.1 Å². The topological polar surface area (TPSA) is 70.6 Å². The smallest absolute Gasteiger partial charge is 0.242 e. The van der Waals surface area contributed by atoms with Gasteiger partial charge in [0.2, 0.25) is 11.9 Å². The number of fused-ring (bicyclic) bond motifs is 6. The Kier molecular flexibility index (Phi) is 7.34. The number of aliphatic imine (C=N–C) groups is 4. The van der Waals surface area contributed by atoms with Crippen LogP contribution in [0, 0.1) is 0 Å². The molecule has 0 unspecified atom stereocenters. The molecule has 0 saturated carbocycles. The molecule has 5 aromatic rings. The Bertz CT molecular complexity index is 2460. The highest BCUT2D eigenvalue weighted by Gasteiger charge is 2.36. The van der Waals surface area contributed by atoms with E-state index in [1.54, 1.807) is 4.90 Å². The zero-order valence-electron chi connectivity index (χ0n) is 31.2. The first-order chi connectivity index (χ1) is 25.4. The second kappa shape index (κ2) is 11.9. The van der Waals surface area contributed by atoms with E-state index in [1.807, 2.05) is 28.2 Å². The second-order valence-electron chi connectivity index (χ2n) is 14.8. The van der Waals surface area contributed by atoms with Crippen molar-refractivity contribution in [1.29, 1.82) is 0 Å². The maximum atomic E-state index is 15.4. The van der Waals surface area contributed by atoms with Crippen LogP contribution in [0.15, 0.2) is 117 Å². The van der Waals surface area contributed by atoms with Gasteiger partial charge in [-0.3, -0.25) is 4.57 Å². The molecule has 4 aromatic carbocycles. The van der Waals surface area contributed by atoms with Crippen LogP contribution in [0.2, 0.25) is 0 Å². The summed E-state index contributed by atoms with van der Waals surface area (Å²) in [4.78, 5) is 30.3. The van der Waals surface area contributed by atoms with Crippen molar-refractivity contribution >= 4 is 68.1 Å². The number of allylic oxidation sites excluding steroid dienone is 2. The third kappa shape index (κ3) is 5.21. The van der Waals surface area contributed by atoms with Crippen LogP contribution in [0.1, 0.15) is 23.5 Å². The highest BCUT2D eigenvalue weighted by molar-refractivity contribution is 6.23. The predicted octanol–water partition coefficient (Wildman–Crippen LogP) is 7.66. The lowest BCUT2D eigenvalue weighted by atomic mass is 9.92. The number of anilines is 4. The third-order valence-electron chi connectivity index (χ3n) is 10.6. The minimum atomic E-state index is -0.418. The molecule has 1 aromatic heterocycles. The molecule has 266 valence electrons. The molecule has 0 bridgehead atoms. The van der Waals surface area contributed by atoms with Gasteiger partial charge in [-0.25, -0.2) is 14.3 Å². The minimum Gasteiger partial charge on any atom is -0.378 e. The first kappa shape index (κ1) is 32.7. The van der Waals surface area contributed by atoms with Crippen LogP contribution in [-0.4, -0.2) is 89.4 Å². The van der Waals surface area contributed by atoms with Crippen molar-refractivity contribution in [2.45, 2.75) is 12.3 Å². The maximum absolute atomic E-state index is 15.4. The number of amidine groups is 2. The molecule has 0 spiro atoms. The number of hydrogen-bond donors (Lipinski definition) is 0. The van der Waals surface area contributed by atoms with Crippen molar-refractivity contribution < 1.29 is 4.39 Å². The van der Waals surface area contributed by atoms with Crippen molar-refractivity contribution in [3.05, 3.63) is 108 Å². The van der Waals surface area contributed by atoms with Crippen molar-refractivity contribution in [2.75, 3.05) is 76.0 Å². The van der Waals surface area contributed by atoms with Crippen molar-refractivity contribution in [2.24, 2.45) is 20.0 Å². The van der Waals surface area contributed by atoms with E-state index in [1.165, 1.54) is 34.4 Å². The van der Waals surface area contributed by atoms with Crippen LogP contribution >= 0.6 is 0 Å². The van der Waals surface area contributed by atoms with Gasteiger partial charge in [-0.15, -0.1) is 0 Å². The first-order valence-electron chi connectivity index (χ1n) is 17.7. The summed E-state index contributed by atoms with van der Waals surface area (Å²) in [6.07, 6.45) is 3.38. The van der Waals surface area contributed by atoms with Gasteiger partial charge in [-0.1, -0.05) is 12.1 Å². The van der Waals surface area contributed by atoms with Crippen LogP contribution < -0.4 is 19.6 Å². The summed E-state index contributed by atoms with van der Waals surface area (Å²) in [7, 11) is 16.4. The second-order valence-corrected chi connectivity index (χ2v) is 14.8. The highest BCUT2D eigenvalue weighted by Crippen LogP contribution is 2.49. The van der Waals surface area contributed by atoms with Gasteiger partial charge >= 0.3 is 0 Å². The number of aromatic nitrogens is 1. The molecule has 0 amide bonds. The Balaban J connectivity index is 1.18. The molecule has 4 heterocycles. The largest absolute Gasteiger partial charge is 0.378 e. The number of benzene rings is 4. The zero-order valence-corrected chi connectivity index (χ0v) is 31.2. The summed E-state index contributed by atoms with van der Waals surface area (Å²) < 4.78 is 17.4. The Morgan fingerprint density at radius 3 is 1.60 bits per heavy atom. The molecule has 53 heavy (non-hydrogen) atoms. The average molecular weight is 705 g/mol. The van der Waals surface area contributed by atoms with Crippen molar-refractivity contribution in [3.8, 4) is 11.1 Å². The van der Waals surface area contributed by atoms with Gasteiger partial charge in [-0.05, 0) is 82.9 Å². The molecule has 10 nitrogen and oxygen atoms in total. The molecule has 0 radical (unpaired) electrons. The Labute approximate surface area is 308 Å². The SMILES string of the molecule is CN(C)c1ccc2c(c1)-c1cc(N(C)C)ccc1C2CC1=NC2=NC(n3c4ccc(N(C)C)cc4c4cc(N(C)C)ccc43)=NC3=CC(F)=CC(=N1)N32. The highest BCUT2D eigenvalue weighted by atomic mass is 19.1. The minimum absolute atomic E-state index is 0.0148. The van der Waals surface area contributed by atoms with E-state index in [0.29, 0.717) is 35.8 Å². The fourth-order valence-electron chi connectivity index (χ4n) is 7.77. The summed E-state index contributed by atoms with van der Waals surface area (Å²) in [6.45, 7) is 0. The van der Waals surface area contributed by atoms with Crippen LogP contribution in [0.5, 0.6) is 0 Å². The molecular weight excluding hydrogens is 664 g/mol. The van der Waals surface area contributed by atoms with Gasteiger partial charge in [0.1, 0.15) is 23.3 Å². The van der Waals surface area contributed by atoms with Crippen molar-refractivity contribution in [1.82, 2.24) is 9.47 Å². The van der Waals surface area contributed by atoms with Gasteiger partial charge in [0, 0.05) is 114 Å². The molecule has 4 aliphatic rings. The van der Waals surface area contributed by atoms with Crippen LogP contribution in [0.3, 0.4) is 0 Å². The summed E-state index contributed by atoms with van der Waals surface area (Å²) >= 11 is 0. The monoisotopic (exact) mass is 704 g/mol. The molecule has 1 aliphatic carbocycles. The summed E-state index contributed by atoms with van der Waals surface area (Å²) in [5.41, 5.74) is 11.2. The lowest BCUT2D eigenvalue weighted by molar-refractivity contribution is 0.629. The standard InChI is InChI=1S/C42H41FN10/c1-48(2)25-9-13-29-31(19-25)32-20-26(49(3)4)10-14-30(32)33(29)23-38-44-39-17-24(43)18-40-46-42(47-41(45-38)53(39)40)52-36-15-11-27(50(5)6)21-34(36)35-22-28(51(7)8)12-16-37(35)52/h9-22,33H,23H2,1-8H3. The number of halogens is 1. The Morgan fingerprint density at radius 2 is 1.08 bits per heavy atom. The number of rotatable bonds is 6. The van der Waals surface area contributed by atoms with E-state index in [4.69, 9.17) is 20.0 Å². The van der Waals surface area contributed by atoms with E-state index in [2.05, 4.69) is 125 Å². The third-order valence-corrected chi connectivity index (χ3v) is 10.6. The van der Waals surface area contributed by atoms with Gasteiger partial charge in [0.05, 0.1) is 11.0 Å². The first-order valence-corrected chi connectivity index (χ1v) is 17.7. The molecule has 0 atom stereocenters. The van der Waals surface area contributed by atoms with E-state index >= 15 is 4.39 Å². The summed E-state index contributed by atoms with van der Waals surface area (Å²) in [5, 5.41) is 2.15. The Morgan fingerprint density at radius 1 is 0.566 bits per heavy atom. The number of hydrogen-bond acceptors (Lipinski definition) is 9. The molecule has 0 fully saturated rings. The molecular formula is C42H41FN10. The lowest BCUT2D eigenvalue weighted by Gasteiger charge is -2.32. The quantitative estimate of drug-likeness (QED) is 0.182. The van der Waals surface area contributed by atoms with E-state index in [0.717, 1.165) is 44.6 Å². The van der Waals surface area contributed by atoms with E-state index < -0.39 is 5.83 Å². The van der Waals surface area contributed by atoms with Crippen molar-refractivity contribution in [3.63, 3.8) is 0 Å². The van der Waals surface area contributed by atoms with E-state index in [-0.39, 0.29) is 5.92 Å². The van der Waals surface area contributed by atoms with Gasteiger partial charge in [-0.2, -0.15) is 15.0 Å². The molecule has 11 heteroatoms. The normalized spacial score (nSPS) is 15.9. The zero-order chi connectivity index (χ0) is 36.9. The number of guanidine groups is 1. The summed E-state index contributed by atoms with van der Waals surface area (Å²) in [5.74, 6) is 1.83. The molecule has 9 rings (SSSR count). The number of nitrogens with zero attached hydrogens (tertiary/aromatic N) is 10. The maximum Gasteiger partial charge on any atom is 0.242 e. The fourth-order valence-corrected chi connectivity index (χ4v) is 7.77. The molecule has 0 saturated heterocycles. The van der Waals surface area contributed by atoms with Crippen LogP contribution in [0.25, 0.3) is 32.9 Å². The lowest BCUT2D eigenvalue weighted by Crippen LogP contribution is -2.42. The fraction of sp³-hybridized carbons (Fsp3) is 0.238. The molecule has 0 N–H and O–H groups in total. The predicted molar refractivity (Wildman–Crippen MR) is 219 cm³/mol. The Hall–Kier alpha value is -6.23. The van der Waals surface area contributed by atoms with Crippen LogP contribution in [-0.2, 0) is 0 Å². The van der Waals surface area contributed by atoms with E-state index in [9.17, 15) is 0 Å². The van der Waals surface area contributed by atoms with Gasteiger partial charge in [0.15, 0.2) is 0 Å². The summed E-state index contributed by atoms with van der Waals surface area (Å²) in [6, 6.07) is 26.1. The average Bonchev–Trinajstić information content (AvgIpc) is 3.62. The molecule has 3 aliphatic heterocycles. The van der Waals surface area contributed by atoms with Gasteiger partial charge < -0.3 is 19.6 Å². The van der Waals surface area contributed by atoms with Gasteiger partial charge in [0.25, 0.3) is 0 Å².